The van der Waals surface area contributed by atoms with E-state index in [1.54, 1.807) is 0 Å². The van der Waals surface area contributed by atoms with Crippen molar-refractivity contribution < 1.29 is 19.0 Å². The van der Waals surface area contributed by atoms with Gasteiger partial charge in [-0.05, 0) is 86.5 Å². The minimum Gasteiger partial charge on any atom is -0.493 e. The van der Waals surface area contributed by atoms with Gasteiger partial charge in [0, 0.05) is 12.0 Å². The Bertz CT molecular complexity index is 1220. The van der Waals surface area contributed by atoms with Gasteiger partial charge in [-0.15, -0.1) is 0 Å². The molecular formula is C30H31NO4. The van der Waals surface area contributed by atoms with E-state index in [0.29, 0.717) is 12.4 Å². The molecule has 5 nitrogen and oxygen atoms in total. The second-order valence-electron chi connectivity index (χ2n) is 9.37. The Morgan fingerprint density at radius 3 is 2.17 bits per heavy atom. The van der Waals surface area contributed by atoms with E-state index in [1.807, 2.05) is 80.5 Å². The van der Waals surface area contributed by atoms with Gasteiger partial charge in [-0.25, -0.2) is 0 Å². The van der Waals surface area contributed by atoms with Crippen LogP contribution in [0.1, 0.15) is 42.9 Å². The van der Waals surface area contributed by atoms with Crippen LogP contribution in [0.2, 0.25) is 0 Å². The van der Waals surface area contributed by atoms with Gasteiger partial charge < -0.3 is 14.2 Å². The van der Waals surface area contributed by atoms with E-state index in [0.717, 1.165) is 53.0 Å². The van der Waals surface area contributed by atoms with Crippen LogP contribution in [-0.4, -0.2) is 37.8 Å². The van der Waals surface area contributed by atoms with Gasteiger partial charge in [0.05, 0.1) is 12.5 Å². The first-order valence-electron chi connectivity index (χ1n) is 12.2. The van der Waals surface area contributed by atoms with E-state index >= 15 is 0 Å². The maximum absolute atomic E-state index is 12.1. The number of rotatable bonds is 7. The molecule has 3 aromatic carbocycles. The van der Waals surface area contributed by atoms with Gasteiger partial charge in [-0.2, -0.15) is 0 Å². The highest BCUT2D eigenvalue weighted by atomic mass is 16.5. The Kier molecular flexibility index (Phi) is 6.60. The summed E-state index contributed by atoms with van der Waals surface area (Å²) in [6, 6.07) is 24.3. The van der Waals surface area contributed by atoms with E-state index < -0.39 is 0 Å². The number of fused-ring (bicyclic) bond motifs is 1. The maximum Gasteiger partial charge on any atom is 0.314 e. The molecule has 1 unspecified atom stereocenters. The monoisotopic (exact) mass is 469 g/mol. The van der Waals surface area contributed by atoms with Crippen LogP contribution in [0.25, 0.3) is 11.1 Å². The molecule has 1 atom stereocenters. The van der Waals surface area contributed by atoms with Crippen LogP contribution in [-0.2, 0) is 4.79 Å². The third-order valence-electron chi connectivity index (χ3n) is 6.57. The Balaban J connectivity index is 1.53. The highest BCUT2D eigenvalue weighted by molar-refractivity contribution is 6.00. The topological polar surface area (TPSA) is 48.0 Å². The Labute approximate surface area is 206 Å². The smallest absolute Gasteiger partial charge is 0.314 e. The lowest BCUT2D eigenvalue weighted by Gasteiger charge is -2.24. The van der Waals surface area contributed by atoms with Crippen LogP contribution in [0.3, 0.4) is 0 Å². The number of carbonyl (C=O) groups is 1. The highest BCUT2D eigenvalue weighted by Crippen LogP contribution is 2.41. The fourth-order valence-corrected chi connectivity index (χ4v) is 4.23. The summed E-state index contributed by atoms with van der Waals surface area (Å²) in [4.78, 5) is 14.1. The highest BCUT2D eigenvalue weighted by Gasteiger charge is 2.31. The average molecular weight is 470 g/mol. The number of hydrogen-bond donors (Lipinski definition) is 0. The summed E-state index contributed by atoms with van der Waals surface area (Å²) in [5, 5.41) is 0. The summed E-state index contributed by atoms with van der Waals surface area (Å²) >= 11 is 0. The molecule has 1 fully saturated rings. The van der Waals surface area contributed by atoms with Gasteiger partial charge in [0.25, 0.3) is 0 Å². The molecule has 1 aliphatic heterocycles. The maximum atomic E-state index is 12.1. The molecule has 1 saturated carbocycles. The van der Waals surface area contributed by atoms with Crippen molar-refractivity contribution in [3.8, 4) is 17.2 Å². The predicted molar refractivity (Wildman–Crippen MR) is 137 cm³/mol. The molecule has 0 saturated heterocycles. The van der Waals surface area contributed by atoms with Crippen molar-refractivity contribution in [2.24, 2.45) is 5.92 Å². The normalized spacial score (nSPS) is 17.3. The van der Waals surface area contributed by atoms with Crippen LogP contribution < -0.4 is 14.2 Å². The van der Waals surface area contributed by atoms with Gasteiger partial charge in [0.15, 0.2) is 0 Å². The third-order valence-corrected chi connectivity index (χ3v) is 6.57. The Morgan fingerprint density at radius 2 is 1.54 bits per heavy atom. The molecular weight excluding hydrogens is 438 g/mol. The molecule has 0 amide bonds. The van der Waals surface area contributed by atoms with E-state index in [9.17, 15) is 4.79 Å². The molecule has 180 valence electrons. The molecule has 1 heterocycles. The first kappa shape index (κ1) is 23.2. The van der Waals surface area contributed by atoms with E-state index in [-0.39, 0.29) is 18.1 Å². The van der Waals surface area contributed by atoms with Crippen LogP contribution >= 0.6 is 0 Å². The number of benzene rings is 3. The third kappa shape index (κ3) is 5.25. The number of nitrogens with zero attached hydrogens (tertiary/aromatic N) is 1. The summed E-state index contributed by atoms with van der Waals surface area (Å²) in [5.74, 6) is 2.26. The van der Waals surface area contributed by atoms with Crippen LogP contribution in [0, 0.1) is 5.92 Å². The Morgan fingerprint density at radius 1 is 0.914 bits per heavy atom. The number of esters is 1. The van der Waals surface area contributed by atoms with Gasteiger partial charge in [0.2, 0.25) is 0 Å². The number of ether oxygens (including phenoxy) is 3. The zero-order valence-electron chi connectivity index (χ0n) is 20.5. The fourth-order valence-electron chi connectivity index (χ4n) is 4.23. The zero-order chi connectivity index (χ0) is 24.4. The molecule has 5 rings (SSSR count). The molecule has 1 aliphatic carbocycles. The largest absolute Gasteiger partial charge is 0.493 e. The summed E-state index contributed by atoms with van der Waals surface area (Å²) in [6.07, 6.45) is 2.65. The average Bonchev–Trinajstić information content (AvgIpc) is 3.72. The SMILES string of the molecule is CC(Oc1ccc(/C(=C2/CCOc3ccccc32)c2ccc(OC(=O)C3CC3)cc2)cc1)N(C)C. The molecule has 0 radical (unpaired) electrons. The molecule has 0 spiro atoms. The standard InChI is InChI=1S/C30H31NO4/c1-20(31(2)3)34-24-14-10-21(11-15-24)29(27-18-19-33-28-7-5-4-6-26(27)28)22-12-16-25(17-13-22)35-30(32)23-8-9-23/h4-7,10-17,20,23H,8-9,18-19H2,1-3H3/b29-27+. The molecule has 5 heteroatoms. The van der Waals surface area contributed by atoms with E-state index in [2.05, 4.69) is 18.2 Å². The first-order chi connectivity index (χ1) is 17.0. The van der Waals surface area contributed by atoms with Crippen LogP contribution in [0.15, 0.2) is 72.8 Å². The molecule has 0 N–H and O–H groups in total. The molecule has 0 aromatic heterocycles. The Hall–Kier alpha value is -3.57. The molecule has 35 heavy (non-hydrogen) atoms. The lowest BCUT2D eigenvalue weighted by atomic mass is 9.87. The summed E-state index contributed by atoms with van der Waals surface area (Å²) in [6.45, 7) is 2.66. The second kappa shape index (κ2) is 9.96. The lowest BCUT2D eigenvalue weighted by molar-refractivity contribution is -0.135. The van der Waals surface area contributed by atoms with Crippen molar-refractivity contribution in [2.45, 2.75) is 32.4 Å². The van der Waals surface area contributed by atoms with Crippen molar-refractivity contribution in [3.05, 3.63) is 89.5 Å². The quantitative estimate of drug-likeness (QED) is 0.240. The number of carbonyl (C=O) groups excluding carboxylic acids is 1. The van der Waals surface area contributed by atoms with Crippen molar-refractivity contribution >= 4 is 17.1 Å². The van der Waals surface area contributed by atoms with Crippen molar-refractivity contribution in [1.82, 2.24) is 4.90 Å². The zero-order valence-corrected chi connectivity index (χ0v) is 20.5. The van der Waals surface area contributed by atoms with E-state index in [4.69, 9.17) is 14.2 Å². The number of hydrogen-bond acceptors (Lipinski definition) is 5. The lowest BCUT2D eigenvalue weighted by Crippen LogP contribution is -2.30. The van der Waals surface area contributed by atoms with Crippen LogP contribution in [0.4, 0.5) is 0 Å². The molecule has 3 aromatic rings. The summed E-state index contributed by atoms with van der Waals surface area (Å²) in [7, 11) is 3.99. The summed E-state index contributed by atoms with van der Waals surface area (Å²) in [5.41, 5.74) is 5.67. The van der Waals surface area contributed by atoms with Crippen molar-refractivity contribution in [1.29, 1.82) is 0 Å². The van der Waals surface area contributed by atoms with Gasteiger partial charge in [0.1, 0.15) is 23.5 Å². The van der Waals surface area contributed by atoms with Gasteiger partial charge in [-0.1, -0.05) is 42.5 Å². The fraction of sp³-hybridized carbons (Fsp3) is 0.300. The van der Waals surface area contributed by atoms with Crippen molar-refractivity contribution in [2.75, 3.05) is 20.7 Å². The van der Waals surface area contributed by atoms with Gasteiger partial charge in [-0.3, -0.25) is 9.69 Å². The predicted octanol–water partition coefficient (Wildman–Crippen LogP) is 6.03. The van der Waals surface area contributed by atoms with Crippen molar-refractivity contribution in [3.63, 3.8) is 0 Å². The van der Waals surface area contributed by atoms with Crippen LogP contribution in [0.5, 0.6) is 17.2 Å². The minimum absolute atomic E-state index is 0.0214. The first-order valence-corrected chi connectivity index (χ1v) is 12.2. The van der Waals surface area contributed by atoms with Gasteiger partial charge >= 0.3 is 5.97 Å². The second-order valence-corrected chi connectivity index (χ2v) is 9.37. The molecule has 0 bridgehead atoms. The van der Waals surface area contributed by atoms with E-state index in [1.165, 1.54) is 5.57 Å². The number of para-hydroxylation sites is 1. The summed E-state index contributed by atoms with van der Waals surface area (Å²) < 4.78 is 17.5. The molecule has 2 aliphatic rings. The minimum atomic E-state index is -0.128.